The van der Waals surface area contributed by atoms with Crippen molar-refractivity contribution in [2.75, 3.05) is 6.61 Å². The molecule has 14 heavy (non-hydrogen) atoms. The SMILES string of the molecule is CCOC(=O)c1ccc(F)c(F)c1I. The number of benzene rings is 1. The van der Waals surface area contributed by atoms with Gasteiger partial charge in [-0.05, 0) is 41.6 Å². The molecule has 0 aromatic heterocycles. The topological polar surface area (TPSA) is 26.3 Å². The van der Waals surface area contributed by atoms with Gasteiger partial charge in [-0.3, -0.25) is 0 Å². The van der Waals surface area contributed by atoms with Crippen LogP contribution in [0, 0.1) is 15.2 Å². The Morgan fingerprint density at radius 1 is 1.50 bits per heavy atom. The summed E-state index contributed by atoms with van der Waals surface area (Å²) in [6.07, 6.45) is 0. The molecule has 1 aromatic carbocycles. The number of hydrogen-bond acceptors (Lipinski definition) is 2. The van der Waals surface area contributed by atoms with Gasteiger partial charge in [-0.25, -0.2) is 13.6 Å². The van der Waals surface area contributed by atoms with Gasteiger partial charge in [0.2, 0.25) is 0 Å². The molecule has 0 heterocycles. The molecule has 0 radical (unpaired) electrons. The van der Waals surface area contributed by atoms with E-state index in [1.54, 1.807) is 29.5 Å². The predicted octanol–water partition coefficient (Wildman–Crippen LogP) is 2.75. The van der Waals surface area contributed by atoms with E-state index in [9.17, 15) is 13.6 Å². The first kappa shape index (κ1) is 11.4. The third-order valence-electron chi connectivity index (χ3n) is 1.53. The zero-order valence-corrected chi connectivity index (χ0v) is 9.47. The summed E-state index contributed by atoms with van der Waals surface area (Å²) in [5.74, 6) is -2.63. The second-order valence-electron chi connectivity index (χ2n) is 2.44. The molecule has 0 atom stereocenters. The van der Waals surface area contributed by atoms with Crippen molar-refractivity contribution >= 4 is 28.6 Å². The number of halogens is 3. The molecule has 0 aliphatic heterocycles. The van der Waals surface area contributed by atoms with E-state index < -0.39 is 17.6 Å². The van der Waals surface area contributed by atoms with Crippen LogP contribution in [0.4, 0.5) is 8.78 Å². The molecule has 5 heteroatoms. The van der Waals surface area contributed by atoms with Crippen molar-refractivity contribution in [1.82, 2.24) is 0 Å². The summed E-state index contributed by atoms with van der Waals surface area (Å²) in [6, 6.07) is 2.11. The van der Waals surface area contributed by atoms with E-state index in [2.05, 4.69) is 4.74 Å². The molecule has 0 bridgehead atoms. The van der Waals surface area contributed by atoms with E-state index in [0.717, 1.165) is 6.07 Å². The lowest BCUT2D eigenvalue weighted by Crippen LogP contribution is -2.08. The highest BCUT2D eigenvalue weighted by molar-refractivity contribution is 14.1. The van der Waals surface area contributed by atoms with Crippen molar-refractivity contribution in [3.63, 3.8) is 0 Å². The van der Waals surface area contributed by atoms with Crippen LogP contribution in [0.1, 0.15) is 17.3 Å². The van der Waals surface area contributed by atoms with Crippen LogP contribution in [-0.4, -0.2) is 12.6 Å². The molecule has 0 aliphatic carbocycles. The molecule has 0 aliphatic rings. The third-order valence-corrected chi connectivity index (χ3v) is 2.59. The number of esters is 1. The van der Waals surface area contributed by atoms with E-state index >= 15 is 0 Å². The largest absolute Gasteiger partial charge is 0.462 e. The first-order chi connectivity index (χ1) is 6.57. The molecule has 2 nitrogen and oxygen atoms in total. The van der Waals surface area contributed by atoms with Crippen molar-refractivity contribution in [2.24, 2.45) is 0 Å². The van der Waals surface area contributed by atoms with Crippen LogP contribution >= 0.6 is 22.6 Å². The van der Waals surface area contributed by atoms with Gasteiger partial charge in [0, 0.05) is 0 Å². The normalized spacial score (nSPS) is 10.0. The summed E-state index contributed by atoms with van der Waals surface area (Å²) < 4.78 is 30.3. The smallest absolute Gasteiger partial charge is 0.339 e. The number of ether oxygens (including phenoxy) is 1. The summed E-state index contributed by atoms with van der Waals surface area (Å²) in [6.45, 7) is 1.85. The second-order valence-corrected chi connectivity index (χ2v) is 3.52. The highest BCUT2D eigenvalue weighted by Crippen LogP contribution is 2.19. The minimum absolute atomic E-state index is 0.0475. The van der Waals surface area contributed by atoms with Gasteiger partial charge < -0.3 is 4.74 Å². The average molecular weight is 312 g/mol. The van der Waals surface area contributed by atoms with Crippen LogP contribution in [0.3, 0.4) is 0 Å². The fourth-order valence-electron chi connectivity index (χ4n) is 0.892. The van der Waals surface area contributed by atoms with Gasteiger partial charge in [0.15, 0.2) is 11.6 Å². The molecule has 76 valence electrons. The number of carbonyl (C=O) groups is 1. The van der Waals surface area contributed by atoms with Crippen LogP contribution < -0.4 is 0 Å². The number of hydrogen-bond donors (Lipinski definition) is 0. The summed E-state index contributed by atoms with van der Waals surface area (Å²) in [7, 11) is 0. The number of rotatable bonds is 2. The van der Waals surface area contributed by atoms with E-state index in [4.69, 9.17) is 0 Å². The van der Waals surface area contributed by atoms with Crippen LogP contribution in [0.15, 0.2) is 12.1 Å². The Balaban J connectivity index is 3.11. The average Bonchev–Trinajstić information content (AvgIpc) is 2.15. The van der Waals surface area contributed by atoms with Crippen molar-refractivity contribution < 1.29 is 18.3 Å². The maximum absolute atomic E-state index is 13.0. The van der Waals surface area contributed by atoms with Crippen molar-refractivity contribution in [3.05, 3.63) is 32.9 Å². The quantitative estimate of drug-likeness (QED) is 0.477. The highest BCUT2D eigenvalue weighted by atomic mass is 127. The molecular formula is C9H7F2IO2. The Labute approximate surface area is 93.4 Å². The molecule has 0 N–H and O–H groups in total. The van der Waals surface area contributed by atoms with Crippen LogP contribution in [0.2, 0.25) is 0 Å². The Morgan fingerprint density at radius 2 is 2.14 bits per heavy atom. The molecule has 0 saturated heterocycles. The Morgan fingerprint density at radius 3 is 2.71 bits per heavy atom. The molecule has 0 unspecified atom stereocenters. The van der Waals surface area contributed by atoms with Gasteiger partial charge in [-0.1, -0.05) is 0 Å². The second kappa shape index (κ2) is 4.68. The van der Waals surface area contributed by atoms with Gasteiger partial charge in [-0.15, -0.1) is 0 Å². The first-order valence-electron chi connectivity index (χ1n) is 3.88. The Hall–Kier alpha value is -0.720. The zero-order valence-electron chi connectivity index (χ0n) is 7.31. The molecular weight excluding hydrogens is 305 g/mol. The van der Waals surface area contributed by atoms with Gasteiger partial charge >= 0.3 is 5.97 Å². The standard InChI is InChI=1S/C9H7F2IO2/c1-2-14-9(13)5-3-4-6(10)7(11)8(5)12/h3-4H,2H2,1H3. The van der Waals surface area contributed by atoms with Crippen LogP contribution in [-0.2, 0) is 4.74 Å². The van der Waals surface area contributed by atoms with E-state index in [1.807, 2.05) is 0 Å². The fraction of sp³-hybridized carbons (Fsp3) is 0.222. The first-order valence-corrected chi connectivity index (χ1v) is 4.96. The minimum atomic E-state index is -1.02. The maximum atomic E-state index is 13.0. The fourth-order valence-corrected chi connectivity index (χ4v) is 1.55. The lowest BCUT2D eigenvalue weighted by atomic mass is 10.2. The Kier molecular flexibility index (Phi) is 3.79. The van der Waals surface area contributed by atoms with Crippen molar-refractivity contribution in [1.29, 1.82) is 0 Å². The van der Waals surface area contributed by atoms with Crippen molar-refractivity contribution in [3.8, 4) is 0 Å². The lowest BCUT2D eigenvalue weighted by molar-refractivity contribution is 0.0524. The van der Waals surface area contributed by atoms with Gasteiger partial charge in [0.05, 0.1) is 15.7 Å². The maximum Gasteiger partial charge on any atom is 0.339 e. The van der Waals surface area contributed by atoms with E-state index in [1.165, 1.54) is 6.07 Å². The van der Waals surface area contributed by atoms with Gasteiger partial charge in [0.25, 0.3) is 0 Å². The van der Waals surface area contributed by atoms with Crippen LogP contribution in [0.5, 0.6) is 0 Å². The van der Waals surface area contributed by atoms with Gasteiger partial charge in [0.1, 0.15) is 0 Å². The van der Waals surface area contributed by atoms with E-state index in [0.29, 0.717) is 0 Å². The summed E-state index contributed by atoms with van der Waals surface area (Å²) >= 11 is 1.57. The molecule has 0 saturated carbocycles. The minimum Gasteiger partial charge on any atom is -0.462 e. The third kappa shape index (κ3) is 2.20. The summed E-state index contributed by atoms with van der Waals surface area (Å²) in [5, 5.41) is 0. The van der Waals surface area contributed by atoms with Crippen LogP contribution in [0.25, 0.3) is 0 Å². The molecule has 0 amide bonds. The highest BCUT2D eigenvalue weighted by Gasteiger charge is 2.16. The molecule has 1 aromatic rings. The molecule has 1 rings (SSSR count). The molecule has 0 spiro atoms. The van der Waals surface area contributed by atoms with E-state index in [-0.39, 0.29) is 15.7 Å². The van der Waals surface area contributed by atoms with Gasteiger partial charge in [-0.2, -0.15) is 0 Å². The van der Waals surface area contributed by atoms with Crippen molar-refractivity contribution in [2.45, 2.75) is 6.92 Å². The molecule has 0 fully saturated rings. The number of carbonyl (C=O) groups excluding carboxylic acids is 1. The Bertz CT molecular complexity index is 366. The predicted molar refractivity (Wildman–Crippen MR) is 55.0 cm³/mol. The lowest BCUT2D eigenvalue weighted by Gasteiger charge is -2.04. The summed E-state index contributed by atoms with van der Waals surface area (Å²) in [4.78, 5) is 11.2. The monoisotopic (exact) mass is 312 g/mol. The zero-order chi connectivity index (χ0) is 10.7. The summed E-state index contributed by atoms with van der Waals surface area (Å²) in [5.41, 5.74) is 0.0475.